The number of anilines is 1. The maximum absolute atomic E-state index is 13.1. The van der Waals surface area contributed by atoms with Crippen LogP contribution in [0.4, 0.5) is 10.1 Å². The number of hydrogen-bond donors (Lipinski definition) is 1. The summed E-state index contributed by atoms with van der Waals surface area (Å²) in [7, 11) is 0. The van der Waals surface area contributed by atoms with Crippen LogP contribution in [0.15, 0.2) is 53.0 Å². The van der Waals surface area contributed by atoms with Gasteiger partial charge < -0.3 is 5.32 Å². The van der Waals surface area contributed by atoms with Gasteiger partial charge in [0.15, 0.2) is 0 Å². The van der Waals surface area contributed by atoms with E-state index in [2.05, 4.69) is 40.3 Å². The minimum Gasteiger partial charge on any atom is -0.382 e. The minimum atomic E-state index is -0.240. The van der Waals surface area contributed by atoms with E-state index < -0.39 is 0 Å². The average Bonchev–Trinajstić information content (AvgIpc) is 2.35. The van der Waals surface area contributed by atoms with Crippen LogP contribution in [-0.2, 0) is 6.42 Å². The Morgan fingerprint density at radius 2 is 1.89 bits per heavy atom. The average molecular weight is 308 g/mol. The Balaban J connectivity index is 1.99. The molecule has 2 aromatic rings. The smallest absolute Gasteiger partial charge is 0.137 e. The summed E-state index contributed by atoms with van der Waals surface area (Å²) in [6.45, 7) is 2.12. The molecular weight excluding hydrogens is 293 g/mol. The summed E-state index contributed by atoms with van der Waals surface area (Å²) in [6.07, 6.45) is 0.940. The van der Waals surface area contributed by atoms with Crippen molar-refractivity contribution in [1.29, 1.82) is 0 Å². The van der Waals surface area contributed by atoms with Crippen molar-refractivity contribution in [1.82, 2.24) is 0 Å². The van der Waals surface area contributed by atoms with Gasteiger partial charge in [0.2, 0.25) is 0 Å². The summed E-state index contributed by atoms with van der Waals surface area (Å²) in [5.74, 6) is -0.240. The summed E-state index contributed by atoms with van der Waals surface area (Å²) >= 11 is 3.19. The van der Waals surface area contributed by atoms with E-state index in [-0.39, 0.29) is 5.82 Å². The third-order valence-corrected chi connectivity index (χ3v) is 3.33. The molecule has 2 rings (SSSR count). The highest BCUT2D eigenvalue weighted by molar-refractivity contribution is 9.10. The molecule has 94 valence electrons. The van der Waals surface area contributed by atoms with Crippen LogP contribution in [0.3, 0.4) is 0 Å². The van der Waals surface area contributed by atoms with Crippen molar-refractivity contribution in [2.75, 3.05) is 5.32 Å². The maximum atomic E-state index is 13.1. The molecule has 0 aliphatic heterocycles. The molecule has 0 spiro atoms. The number of halogens is 2. The predicted octanol–water partition coefficient (Wildman–Crippen LogP) is 4.63. The van der Waals surface area contributed by atoms with E-state index in [1.807, 2.05) is 18.2 Å². The zero-order chi connectivity index (χ0) is 13.0. The molecule has 0 fully saturated rings. The van der Waals surface area contributed by atoms with Crippen molar-refractivity contribution in [2.24, 2.45) is 0 Å². The molecule has 0 radical (unpaired) electrons. The maximum Gasteiger partial charge on any atom is 0.137 e. The number of rotatable bonds is 4. The molecule has 0 bridgehead atoms. The van der Waals surface area contributed by atoms with E-state index in [0.29, 0.717) is 10.5 Å². The molecule has 0 amide bonds. The van der Waals surface area contributed by atoms with Crippen LogP contribution in [0.25, 0.3) is 0 Å². The van der Waals surface area contributed by atoms with Gasteiger partial charge in [-0.25, -0.2) is 4.39 Å². The molecule has 0 aliphatic rings. The van der Waals surface area contributed by atoms with Gasteiger partial charge >= 0.3 is 0 Å². The zero-order valence-corrected chi connectivity index (χ0v) is 11.7. The van der Waals surface area contributed by atoms with Crippen LogP contribution in [0.5, 0.6) is 0 Å². The van der Waals surface area contributed by atoms with Gasteiger partial charge in [-0.2, -0.15) is 0 Å². The molecule has 2 aromatic carbocycles. The molecule has 1 N–H and O–H groups in total. The zero-order valence-electron chi connectivity index (χ0n) is 10.2. The Morgan fingerprint density at radius 1 is 1.17 bits per heavy atom. The third kappa shape index (κ3) is 3.57. The summed E-state index contributed by atoms with van der Waals surface area (Å²) < 4.78 is 13.6. The Bertz CT molecular complexity index is 513. The molecule has 3 heteroatoms. The molecule has 0 aliphatic carbocycles. The normalized spacial score (nSPS) is 12.2. The van der Waals surface area contributed by atoms with Gasteiger partial charge in [0.25, 0.3) is 0 Å². The van der Waals surface area contributed by atoms with Crippen LogP contribution in [0.1, 0.15) is 12.5 Å². The SMILES string of the molecule is CC(Cc1ccccc1)Nc1ccc(F)c(Br)c1. The summed E-state index contributed by atoms with van der Waals surface area (Å²) in [5, 5.41) is 3.36. The Morgan fingerprint density at radius 3 is 2.56 bits per heavy atom. The molecular formula is C15H15BrFN. The van der Waals surface area contributed by atoms with E-state index in [1.54, 1.807) is 12.1 Å². The Hall–Kier alpha value is -1.35. The lowest BCUT2D eigenvalue weighted by atomic mass is 10.1. The number of nitrogens with one attached hydrogen (secondary N) is 1. The largest absolute Gasteiger partial charge is 0.382 e. The Labute approximate surface area is 115 Å². The molecule has 18 heavy (non-hydrogen) atoms. The van der Waals surface area contributed by atoms with Gasteiger partial charge in [-0.05, 0) is 53.0 Å². The van der Waals surface area contributed by atoms with Crippen LogP contribution < -0.4 is 5.32 Å². The lowest BCUT2D eigenvalue weighted by Crippen LogP contribution is -2.18. The first-order valence-corrected chi connectivity index (χ1v) is 6.70. The minimum absolute atomic E-state index is 0.240. The molecule has 0 aromatic heterocycles. The summed E-state index contributed by atoms with van der Waals surface area (Å²) in [5.41, 5.74) is 2.21. The fourth-order valence-corrected chi connectivity index (χ4v) is 2.27. The van der Waals surface area contributed by atoms with Crippen LogP contribution in [-0.4, -0.2) is 6.04 Å². The van der Waals surface area contributed by atoms with E-state index in [4.69, 9.17) is 0 Å². The van der Waals surface area contributed by atoms with Gasteiger partial charge in [-0.1, -0.05) is 30.3 Å². The number of benzene rings is 2. The topological polar surface area (TPSA) is 12.0 Å². The van der Waals surface area contributed by atoms with Crippen LogP contribution in [0, 0.1) is 5.82 Å². The molecule has 1 nitrogen and oxygen atoms in total. The summed E-state index contributed by atoms with van der Waals surface area (Å²) in [6, 6.07) is 15.6. The first kappa shape index (κ1) is 13.1. The van der Waals surface area contributed by atoms with Gasteiger partial charge in [0.1, 0.15) is 5.82 Å². The molecule has 1 atom stereocenters. The lowest BCUT2D eigenvalue weighted by molar-refractivity contribution is 0.621. The standard InChI is InChI=1S/C15H15BrFN/c1-11(9-12-5-3-2-4-6-12)18-13-7-8-15(17)14(16)10-13/h2-8,10-11,18H,9H2,1H3. The van der Waals surface area contributed by atoms with Gasteiger partial charge in [-0.15, -0.1) is 0 Å². The first-order chi connectivity index (χ1) is 8.65. The van der Waals surface area contributed by atoms with Crippen molar-refractivity contribution >= 4 is 21.6 Å². The van der Waals surface area contributed by atoms with Crippen molar-refractivity contribution in [3.05, 3.63) is 64.4 Å². The van der Waals surface area contributed by atoms with Gasteiger partial charge in [-0.3, -0.25) is 0 Å². The monoisotopic (exact) mass is 307 g/mol. The molecule has 0 heterocycles. The summed E-state index contributed by atoms with van der Waals surface area (Å²) in [4.78, 5) is 0. The predicted molar refractivity (Wildman–Crippen MR) is 77.3 cm³/mol. The third-order valence-electron chi connectivity index (χ3n) is 2.72. The van der Waals surface area contributed by atoms with E-state index in [0.717, 1.165) is 12.1 Å². The molecule has 0 saturated heterocycles. The van der Waals surface area contributed by atoms with Gasteiger partial charge in [0.05, 0.1) is 4.47 Å². The second-order valence-corrected chi connectivity index (χ2v) is 5.22. The van der Waals surface area contributed by atoms with E-state index in [1.165, 1.54) is 11.6 Å². The Kier molecular flexibility index (Phi) is 4.37. The first-order valence-electron chi connectivity index (χ1n) is 5.90. The fourth-order valence-electron chi connectivity index (χ4n) is 1.89. The van der Waals surface area contributed by atoms with E-state index >= 15 is 0 Å². The van der Waals surface area contributed by atoms with Crippen molar-refractivity contribution in [3.63, 3.8) is 0 Å². The van der Waals surface area contributed by atoms with Crippen molar-refractivity contribution in [2.45, 2.75) is 19.4 Å². The van der Waals surface area contributed by atoms with Crippen LogP contribution in [0.2, 0.25) is 0 Å². The quantitative estimate of drug-likeness (QED) is 0.868. The van der Waals surface area contributed by atoms with Crippen LogP contribution >= 0.6 is 15.9 Å². The second-order valence-electron chi connectivity index (χ2n) is 4.36. The lowest BCUT2D eigenvalue weighted by Gasteiger charge is -2.15. The second kappa shape index (κ2) is 6.01. The number of hydrogen-bond acceptors (Lipinski definition) is 1. The van der Waals surface area contributed by atoms with E-state index in [9.17, 15) is 4.39 Å². The van der Waals surface area contributed by atoms with Crippen molar-refractivity contribution in [3.8, 4) is 0 Å². The highest BCUT2D eigenvalue weighted by atomic mass is 79.9. The highest BCUT2D eigenvalue weighted by Gasteiger charge is 2.05. The fraction of sp³-hybridized carbons (Fsp3) is 0.200. The van der Waals surface area contributed by atoms with Crippen molar-refractivity contribution < 1.29 is 4.39 Å². The molecule has 1 unspecified atom stereocenters. The molecule has 0 saturated carbocycles. The van der Waals surface area contributed by atoms with Gasteiger partial charge in [0, 0.05) is 11.7 Å². The highest BCUT2D eigenvalue weighted by Crippen LogP contribution is 2.21.